The average molecular weight is 289 g/mol. The molecular formula is C17H24FN3. The first-order valence-corrected chi connectivity index (χ1v) is 7.63. The Morgan fingerprint density at radius 2 is 1.90 bits per heavy atom. The number of benzene rings is 1. The predicted molar refractivity (Wildman–Crippen MR) is 83.9 cm³/mol. The molecule has 3 nitrogen and oxygen atoms in total. The topological polar surface area (TPSA) is 29.9 Å². The smallest absolute Gasteiger partial charge is 0.123 e. The highest BCUT2D eigenvalue weighted by atomic mass is 19.1. The molecule has 21 heavy (non-hydrogen) atoms. The number of likely N-dealkylation sites (N-methyl/N-ethyl adjacent to an activating group) is 1. The first-order valence-electron chi connectivity index (χ1n) is 7.63. The number of nitrogens with one attached hydrogen (secondary N) is 1. The maximum Gasteiger partial charge on any atom is 0.123 e. The molecule has 1 heterocycles. The molecule has 1 aromatic heterocycles. The van der Waals surface area contributed by atoms with E-state index in [-0.39, 0.29) is 5.82 Å². The second-order valence-corrected chi connectivity index (χ2v) is 5.38. The van der Waals surface area contributed by atoms with E-state index in [9.17, 15) is 4.39 Å². The van der Waals surface area contributed by atoms with Gasteiger partial charge in [-0.1, -0.05) is 19.1 Å². The Kier molecular flexibility index (Phi) is 5.51. The van der Waals surface area contributed by atoms with E-state index >= 15 is 0 Å². The minimum absolute atomic E-state index is 0.182. The molecule has 0 saturated carbocycles. The van der Waals surface area contributed by atoms with Crippen molar-refractivity contribution >= 4 is 0 Å². The van der Waals surface area contributed by atoms with E-state index in [1.807, 2.05) is 19.1 Å². The summed E-state index contributed by atoms with van der Waals surface area (Å²) in [6.07, 6.45) is 1.82. The predicted octanol–water partition coefficient (Wildman–Crippen LogP) is 3.11. The van der Waals surface area contributed by atoms with Crippen LogP contribution in [0.2, 0.25) is 0 Å². The molecular weight excluding hydrogens is 265 g/mol. The van der Waals surface area contributed by atoms with Gasteiger partial charge in [0, 0.05) is 24.7 Å². The van der Waals surface area contributed by atoms with Gasteiger partial charge in [0.05, 0.1) is 5.69 Å². The van der Waals surface area contributed by atoms with Crippen LogP contribution in [0.1, 0.15) is 30.8 Å². The fourth-order valence-electron chi connectivity index (χ4n) is 2.70. The van der Waals surface area contributed by atoms with Crippen LogP contribution in [-0.4, -0.2) is 22.4 Å². The normalized spacial score (nSPS) is 12.6. The van der Waals surface area contributed by atoms with E-state index in [1.54, 1.807) is 0 Å². The molecule has 0 fully saturated rings. The third kappa shape index (κ3) is 4.39. The number of halogens is 1. The summed E-state index contributed by atoms with van der Waals surface area (Å²) >= 11 is 0. The molecule has 1 aromatic carbocycles. The van der Waals surface area contributed by atoms with Gasteiger partial charge < -0.3 is 5.32 Å². The number of rotatable bonds is 7. The van der Waals surface area contributed by atoms with Gasteiger partial charge in [-0.15, -0.1) is 0 Å². The summed E-state index contributed by atoms with van der Waals surface area (Å²) in [6.45, 7) is 8.06. The first-order chi connectivity index (χ1) is 10.1. The minimum Gasteiger partial charge on any atom is -0.314 e. The van der Waals surface area contributed by atoms with Crippen LogP contribution in [0.5, 0.6) is 0 Å². The van der Waals surface area contributed by atoms with E-state index < -0.39 is 0 Å². The van der Waals surface area contributed by atoms with Gasteiger partial charge in [0.25, 0.3) is 0 Å². The molecule has 0 aliphatic heterocycles. The summed E-state index contributed by atoms with van der Waals surface area (Å²) in [7, 11) is 0. The summed E-state index contributed by atoms with van der Waals surface area (Å²) in [5, 5.41) is 8.02. The fraction of sp³-hybridized carbons (Fsp3) is 0.471. The van der Waals surface area contributed by atoms with Crippen molar-refractivity contribution in [3.05, 3.63) is 53.1 Å². The molecule has 0 spiro atoms. The Labute approximate surface area is 126 Å². The lowest BCUT2D eigenvalue weighted by atomic mass is 10.0. The van der Waals surface area contributed by atoms with Gasteiger partial charge >= 0.3 is 0 Å². The molecule has 0 saturated heterocycles. The third-order valence-electron chi connectivity index (χ3n) is 3.63. The molecule has 0 aliphatic rings. The van der Waals surface area contributed by atoms with Crippen molar-refractivity contribution < 1.29 is 4.39 Å². The van der Waals surface area contributed by atoms with Crippen molar-refractivity contribution in [3.8, 4) is 0 Å². The number of aromatic nitrogens is 2. The second-order valence-electron chi connectivity index (χ2n) is 5.38. The Morgan fingerprint density at radius 3 is 2.52 bits per heavy atom. The van der Waals surface area contributed by atoms with Crippen LogP contribution in [0, 0.1) is 12.7 Å². The molecule has 1 atom stereocenters. The molecule has 2 rings (SSSR count). The summed E-state index contributed by atoms with van der Waals surface area (Å²) in [5.41, 5.74) is 3.47. The summed E-state index contributed by atoms with van der Waals surface area (Å²) < 4.78 is 15.1. The lowest BCUT2D eigenvalue weighted by molar-refractivity contribution is 0.495. The quantitative estimate of drug-likeness (QED) is 0.849. The van der Waals surface area contributed by atoms with Crippen molar-refractivity contribution in [3.63, 3.8) is 0 Å². The van der Waals surface area contributed by atoms with Gasteiger partial charge in [0.15, 0.2) is 0 Å². The molecule has 2 aromatic rings. The Morgan fingerprint density at radius 1 is 1.19 bits per heavy atom. The number of hydrogen-bond donors (Lipinski definition) is 1. The second kappa shape index (κ2) is 7.36. The van der Waals surface area contributed by atoms with E-state index in [4.69, 9.17) is 0 Å². The molecule has 0 radical (unpaired) electrons. The van der Waals surface area contributed by atoms with Crippen molar-refractivity contribution in [2.24, 2.45) is 0 Å². The van der Waals surface area contributed by atoms with Crippen molar-refractivity contribution in [2.45, 2.75) is 46.2 Å². The monoisotopic (exact) mass is 289 g/mol. The maximum absolute atomic E-state index is 13.0. The Bertz CT molecular complexity index is 560. The Balaban J connectivity index is 2.09. The molecule has 114 valence electrons. The maximum atomic E-state index is 13.0. The highest BCUT2D eigenvalue weighted by Crippen LogP contribution is 2.12. The number of nitrogens with zero attached hydrogens (tertiary/aromatic N) is 2. The number of hydrogen-bond acceptors (Lipinski definition) is 2. The van der Waals surface area contributed by atoms with Gasteiger partial charge in [-0.2, -0.15) is 5.10 Å². The zero-order valence-corrected chi connectivity index (χ0v) is 13.1. The van der Waals surface area contributed by atoms with Crippen LogP contribution in [0.3, 0.4) is 0 Å². The van der Waals surface area contributed by atoms with E-state index in [0.717, 1.165) is 37.2 Å². The lowest BCUT2D eigenvalue weighted by Gasteiger charge is -2.18. The Hall–Kier alpha value is -1.68. The van der Waals surface area contributed by atoms with Gasteiger partial charge in [-0.05, 0) is 50.6 Å². The molecule has 1 unspecified atom stereocenters. The lowest BCUT2D eigenvalue weighted by Crippen LogP contribution is -2.33. The van der Waals surface area contributed by atoms with Gasteiger partial charge in [0.1, 0.15) is 5.82 Å². The number of aryl methyl sites for hydroxylation is 2. The molecule has 4 heteroatoms. The molecule has 0 aliphatic carbocycles. The zero-order chi connectivity index (χ0) is 15.2. The van der Waals surface area contributed by atoms with Crippen LogP contribution in [0.15, 0.2) is 30.3 Å². The average Bonchev–Trinajstić information content (AvgIpc) is 2.81. The van der Waals surface area contributed by atoms with Crippen molar-refractivity contribution in [1.29, 1.82) is 0 Å². The van der Waals surface area contributed by atoms with E-state index in [0.29, 0.717) is 6.04 Å². The largest absolute Gasteiger partial charge is 0.314 e. The molecule has 0 amide bonds. The summed E-state index contributed by atoms with van der Waals surface area (Å²) in [5.74, 6) is -0.182. The van der Waals surface area contributed by atoms with Gasteiger partial charge in [-0.3, -0.25) is 4.68 Å². The van der Waals surface area contributed by atoms with Crippen LogP contribution in [0.25, 0.3) is 0 Å². The highest BCUT2D eigenvalue weighted by molar-refractivity contribution is 5.18. The molecule has 1 N–H and O–H groups in total. The standard InChI is InChI=1S/C17H24FN3/c1-4-19-16(11-14-6-8-15(18)9-7-14)12-17-10-13(3)20-21(17)5-2/h6-10,16,19H,4-5,11-12H2,1-3H3. The minimum atomic E-state index is -0.182. The van der Waals surface area contributed by atoms with E-state index in [2.05, 4.69) is 35.0 Å². The third-order valence-corrected chi connectivity index (χ3v) is 3.63. The first kappa shape index (κ1) is 15.7. The fourth-order valence-corrected chi connectivity index (χ4v) is 2.70. The highest BCUT2D eigenvalue weighted by Gasteiger charge is 2.13. The van der Waals surface area contributed by atoms with Crippen LogP contribution >= 0.6 is 0 Å². The SMILES string of the molecule is CCNC(Cc1ccc(F)cc1)Cc1cc(C)nn1CC. The van der Waals surface area contributed by atoms with Crippen LogP contribution in [0.4, 0.5) is 4.39 Å². The zero-order valence-electron chi connectivity index (χ0n) is 13.1. The molecule has 0 bridgehead atoms. The van der Waals surface area contributed by atoms with Gasteiger partial charge in [-0.25, -0.2) is 4.39 Å². The summed E-state index contributed by atoms with van der Waals surface area (Å²) in [6, 6.07) is 9.27. The summed E-state index contributed by atoms with van der Waals surface area (Å²) in [4.78, 5) is 0. The van der Waals surface area contributed by atoms with Crippen LogP contribution in [-0.2, 0) is 19.4 Å². The van der Waals surface area contributed by atoms with Crippen molar-refractivity contribution in [1.82, 2.24) is 15.1 Å². The van der Waals surface area contributed by atoms with Crippen molar-refractivity contribution in [2.75, 3.05) is 6.54 Å². The van der Waals surface area contributed by atoms with E-state index in [1.165, 1.54) is 17.8 Å². The van der Waals surface area contributed by atoms with Crippen LogP contribution < -0.4 is 5.32 Å². The van der Waals surface area contributed by atoms with Gasteiger partial charge in [0.2, 0.25) is 0 Å².